The maximum atomic E-state index is 12.5. The third-order valence-electron chi connectivity index (χ3n) is 4.38. The Morgan fingerprint density at radius 3 is 2.81 bits per heavy atom. The van der Waals surface area contributed by atoms with E-state index in [0.717, 1.165) is 23.4 Å². The number of aromatic nitrogens is 1. The molecular weight excluding hydrogens is 386 g/mol. The molecule has 0 saturated heterocycles. The van der Waals surface area contributed by atoms with Crippen LogP contribution in [0.3, 0.4) is 0 Å². The average molecular weight is 402 g/mol. The Bertz CT molecular complexity index is 967. The summed E-state index contributed by atoms with van der Waals surface area (Å²) in [4.78, 5) is 30.4. The van der Waals surface area contributed by atoms with Gasteiger partial charge < -0.3 is 9.73 Å². The van der Waals surface area contributed by atoms with Crippen molar-refractivity contribution >= 4 is 39.9 Å². The lowest BCUT2D eigenvalue weighted by atomic mass is 10.1. The highest BCUT2D eigenvalue weighted by atomic mass is 35.5. The average Bonchev–Trinajstić information content (AvgIpc) is 3.37. The van der Waals surface area contributed by atoms with Crippen LogP contribution in [0.2, 0.25) is 5.02 Å². The smallest absolute Gasteiger partial charge is 0.257 e. The highest BCUT2D eigenvalue weighted by molar-refractivity contribution is 7.16. The highest BCUT2D eigenvalue weighted by Gasteiger charge is 2.32. The second-order valence-electron chi connectivity index (χ2n) is 6.18. The summed E-state index contributed by atoms with van der Waals surface area (Å²) in [6.45, 7) is 0.349. The van der Waals surface area contributed by atoms with Gasteiger partial charge in [-0.2, -0.15) is 0 Å². The van der Waals surface area contributed by atoms with Gasteiger partial charge in [-0.1, -0.05) is 11.6 Å². The first-order chi connectivity index (χ1) is 13.1. The third kappa shape index (κ3) is 3.89. The second-order valence-corrected chi connectivity index (χ2v) is 7.70. The molecule has 6 nitrogen and oxygen atoms in total. The number of rotatable bonds is 5. The maximum absolute atomic E-state index is 12.5. The molecule has 8 heteroatoms. The SMILES string of the molecule is O=C(Nc1nc2c(s1)CCC2C(=O)NCc1ccco1)c1ccc(Cl)cc1. The molecule has 2 amide bonds. The van der Waals surface area contributed by atoms with Crippen molar-refractivity contribution in [1.82, 2.24) is 10.3 Å². The van der Waals surface area contributed by atoms with E-state index in [9.17, 15) is 9.59 Å². The van der Waals surface area contributed by atoms with Crippen LogP contribution in [0.25, 0.3) is 0 Å². The van der Waals surface area contributed by atoms with Gasteiger partial charge in [0.2, 0.25) is 5.91 Å². The number of nitrogens with zero attached hydrogens (tertiary/aromatic N) is 1. The molecule has 2 heterocycles. The molecule has 0 radical (unpaired) electrons. The lowest BCUT2D eigenvalue weighted by Crippen LogP contribution is -2.28. The van der Waals surface area contributed by atoms with Crippen LogP contribution >= 0.6 is 22.9 Å². The summed E-state index contributed by atoms with van der Waals surface area (Å²) in [5.74, 6) is 0.0760. The number of halogens is 1. The van der Waals surface area contributed by atoms with Crippen LogP contribution in [0, 0.1) is 0 Å². The van der Waals surface area contributed by atoms with Crippen molar-refractivity contribution in [2.45, 2.75) is 25.3 Å². The Kier molecular flexibility index (Phi) is 4.96. The van der Waals surface area contributed by atoms with Gasteiger partial charge in [0.25, 0.3) is 5.91 Å². The predicted octanol–water partition coefficient (Wildman–Crippen LogP) is 3.99. The van der Waals surface area contributed by atoms with Crippen molar-refractivity contribution in [1.29, 1.82) is 0 Å². The molecule has 0 saturated carbocycles. The van der Waals surface area contributed by atoms with Gasteiger partial charge in [0, 0.05) is 15.5 Å². The topological polar surface area (TPSA) is 84.2 Å². The van der Waals surface area contributed by atoms with Crippen molar-refractivity contribution in [2.75, 3.05) is 5.32 Å². The molecule has 1 aliphatic carbocycles. The van der Waals surface area contributed by atoms with Crippen LogP contribution in [-0.4, -0.2) is 16.8 Å². The normalized spacial score (nSPS) is 15.4. The van der Waals surface area contributed by atoms with E-state index in [2.05, 4.69) is 15.6 Å². The van der Waals surface area contributed by atoms with Crippen molar-refractivity contribution in [2.24, 2.45) is 0 Å². The summed E-state index contributed by atoms with van der Waals surface area (Å²) >= 11 is 7.26. The molecule has 4 rings (SSSR count). The standard InChI is InChI=1S/C19H16ClN3O3S/c20-12-5-3-11(4-6-12)17(24)23-19-22-16-14(7-8-15(16)27-19)18(25)21-10-13-2-1-9-26-13/h1-6,9,14H,7-8,10H2,(H,21,25)(H,22,23,24). The molecule has 0 aliphatic heterocycles. The van der Waals surface area contributed by atoms with Gasteiger partial charge in [0.05, 0.1) is 24.4 Å². The molecule has 0 bridgehead atoms. The number of aryl methyl sites for hydroxylation is 1. The summed E-state index contributed by atoms with van der Waals surface area (Å²) in [5.41, 5.74) is 1.26. The molecular formula is C19H16ClN3O3S. The number of fused-ring (bicyclic) bond motifs is 1. The summed E-state index contributed by atoms with van der Waals surface area (Å²) in [6.07, 6.45) is 3.08. The highest BCUT2D eigenvalue weighted by Crippen LogP contribution is 2.38. The number of carbonyl (C=O) groups is 2. The van der Waals surface area contributed by atoms with E-state index < -0.39 is 0 Å². The second kappa shape index (κ2) is 7.54. The minimum atomic E-state index is -0.299. The fraction of sp³-hybridized carbons (Fsp3) is 0.211. The zero-order valence-corrected chi connectivity index (χ0v) is 15.8. The van der Waals surface area contributed by atoms with Crippen molar-refractivity contribution < 1.29 is 14.0 Å². The molecule has 0 fully saturated rings. The Morgan fingerprint density at radius 2 is 2.07 bits per heavy atom. The van der Waals surface area contributed by atoms with Crippen LogP contribution < -0.4 is 10.6 Å². The van der Waals surface area contributed by atoms with E-state index >= 15 is 0 Å². The van der Waals surface area contributed by atoms with Crippen molar-refractivity contribution in [3.05, 3.63) is 69.6 Å². The number of hydrogen-bond acceptors (Lipinski definition) is 5. The molecule has 3 aromatic rings. The fourth-order valence-corrected chi connectivity index (χ4v) is 4.18. The van der Waals surface area contributed by atoms with E-state index in [1.807, 2.05) is 6.07 Å². The zero-order chi connectivity index (χ0) is 18.8. The molecule has 1 unspecified atom stereocenters. The number of hydrogen-bond donors (Lipinski definition) is 2. The molecule has 2 aromatic heterocycles. The summed E-state index contributed by atoms with van der Waals surface area (Å²) < 4.78 is 5.23. The maximum Gasteiger partial charge on any atom is 0.257 e. The Balaban J connectivity index is 1.42. The van der Waals surface area contributed by atoms with Crippen LogP contribution in [-0.2, 0) is 17.8 Å². The van der Waals surface area contributed by atoms with Crippen LogP contribution in [0.4, 0.5) is 5.13 Å². The lowest BCUT2D eigenvalue weighted by molar-refractivity contribution is -0.122. The Morgan fingerprint density at radius 1 is 1.26 bits per heavy atom. The summed E-state index contributed by atoms with van der Waals surface area (Å²) in [7, 11) is 0. The van der Waals surface area contributed by atoms with Gasteiger partial charge >= 0.3 is 0 Å². The van der Waals surface area contributed by atoms with Gasteiger partial charge in [-0.05, 0) is 49.2 Å². The number of anilines is 1. The Hall–Kier alpha value is -2.64. The van der Waals surface area contributed by atoms with Gasteiger partial charge in [-0.15, -0.1) is 11.3 Å². The predicted molar refractivity (Wildman–Crippen MR) is 103 cm³/mol. The quantitative estimate of drug-likeness (QED) is 0.677. The van der Waals surface area contributed by atoms with Crippen LogP contribution in [0.5, 0.6) is 0 Å². The fourth-order valence-electron chi connectivity index (χ4n) is 3.02. The monoisotopic (exact) mass is 401 g/mol. The van der Waals surface area contributed by atoms with E-state index in [4.69, 9.17) is 16.0 Å². The molecule has 1 aliphatic rings. The molecule has 0 spiro atoms. The molecule has 1 atom stereocenters. The van der Waals surface area contributed by atoms with Gasteiger partial charge in [-0.3, -0.25) is 14.9 Å². The number of amides is 2. The first kappa shape index (κ1) is 17.8. The number of thiazole rings is 1. The first-order valence-electron chi connectivity index (χ1n) is 8.47. The molecule has 1 aromatic carbocycles. The largest absolute Gasteiger partial charge is 0.467 e. The van der Waals surface area contributed by atoms with E-state index in [1.165, 1.54) is 11.3 Å². The van der Waals surface area contributed by atoms with Crippen LogP contribution in [0.15, 0.2) is 47.1 Å². The molecule has 27 heavy (non-hydrogen) atoms. The minimum Gasteiger partial charge on any atom is -0.467 e. The zero-order valence-electron chi connectivity index (χ0n) is 14.2. The number of carbonyl (C=O) groups excluding carboxylic acids is 2. The lowest BCUT2D eigenvalue weighted by Gasteiger charge is -2.09. The summed E-state index contributed by atoms with van der Waals surface area (Å²) in [5, 5.41) is 6.76. The van der Waals surface area contributed by atoms with Gasteiger partial charge in [-0.25, -0.2) is 4.98 Å². The number of nitrogens with one attached hydrogen (secondary N) is 2. The molecule has 2 N–H and O–H groups in total. The Labute approximate surface area is 164 Å². The van der Waals surface area contributed by atoms with E-state index in [-0.39, 0.29) is 17.7 Å². The summed E-state index contributed by atoms with van der Waals surface area (Å²) in [6, 6.07) is 10.2. The minimum absolute atomic E-state index is 0.0778. The van der Waals surface area contributed by atoms with E-state index in [0.29, 0.717) is 28.0 Å². The van der Waals surface area contributed by atoms with Gasteiger partial charge in [0.15, 0.2) is 5.13 Å². The number of benzene rings is 1. The number of furan rings is 1. The van der Waals surface area contributed by atoms with Crippen LogP contribution in [0.1, 0.15) is 39.0 Å². The third-order valence-corrected chi connectivity index (χ3v) is 5.68. The van der Waals surface area contributed by atoms with E-state index in [1.54, 1.807) is 36.6 Å². The van der Waals surface area contributed by atoms with Crippen molar-refractivity contribution in [3.63, 3.8) is 0 Å². The van der Waals surface area contributed by atoms with Crippen molar-refractivity contribution in [3.8, 4) is 0 Å². The molecule has 138 valence electrons. The first-order valence-corrected chi connectivity index (χ1v) is 9.66. The van der Waals surface area contributed by atoms with Gasteiger partial charge in [0.1, 0.15) is 5.76 Å².